The van der Waals surface area contributed by atoms with E-state index in [1.807, 2.05) is 30.3 Å². The lowest BCUT2D eigenvalue weighted by molar-refractivity contribution is -0.129. The summed E-state index contributed by atoms with van der Waals surface area (Å²) in [4.78, 5) is 32.2. The molecule has 3 aromatic rings. The lowest BCUT2D eigenvalue weighted by Crippen LogP contribution is -2.38. The molecule has 0 saturated heterocycles. The minimum absolute atomic E-state index is 0.229. The normalized spacial score (nSPS) is 18.1. The molecule has 1 N–H and O–H groups in total. The molecular formula is C28H30N2O3S. The van der Waals surface area contributed by atoms with Crippen LogP contribution >= 0.6 is 11.3 Å². The predicted molar refractivity (Wildman–Crippen MR) is 137 cm³/mol. The van der Waals surface area contributed by atoms with Crippen molar-refractivity contribution in [3.63, 3.8) is 0 Å². The average molecular weight is 475 g/mol. The molecular weight excluding hydrogens is 444 g/mol. The molecule has 0 aliphatic heterocycles. The monoisotopic (exact) mass is 474 g/mol. The molecule has 0 radical (unpaired) electrons. The second-order valence-electron chi connectivity index (χ2n) is 9.31. The molecule has 34 heavy (non-hydrogen) atoms. The van der Waals surface area contributed by atoms with Crippen LogP contribution in [-0.2, 0) is 16.0 Å². The van der Waals surface area contributed by atoms with E-state index in [-0.39, 0.29) is 5.91 Å². The maximum Gasteiger partial charge on any atom is 0.339 e. The smallest absolute Gasteiger partial charge is 0.339 e. The summed E-state index contributed by atoms with van der Waals surface area (Å²) >= 11 is 1.68. The van der Waals surface area contributed by atoms with Crippen molar-refractivity contribution in [3.8, 4) is 0 Å². The van der Waals surface area contributed by atoms with Crippen molar-refractivity contribution in [1.82, 2.24) is 10.3 Å². The van der Waals surface area contributed by atoms with Crippen molar-refractivity contribution >= 4 is 45.8 Å². The molecule has 1 fully saturated rings. The number of benzene rings is 1. The van der Waals surface area contributed by atoms with E-state index < -0.39 is 12.1 Å². The average Bonchev–Trinajstić information content (AvgIpc) is 3.52. The first-order chi connectivity index (χ1) is 16.6. The highest BCUT2D eigenvalue weighted by molar-refractivity contribution is 7.10. The summed E-state index contributed by atoms with van der Waals surface area (Å²) in [6.07, 6.45) is 8.94. The number of aromatic nitrogens is 1. The van der Waals surface area contributed by atoms with E-state index in [0.717, 1.165) is 53.4 Å². The van der Waals surface area contributed by atoms with Gasteiger partial charge in [-0.05, 0) is 73.3 Å². The van der Waals surface area contributed by atoms with Crippen LogP contribution in [0.1, 0.15) is 71.9 Å². The summed E-state index contributed by atoms with van der Waals surface area (Å²) in [5.41, 5.74) is 4.23. The summed E-state index contributed by atoms with van der Waals surface area (Å²) in [5.74, 6) is -0.152. The maximum atomic E-state index is 13.4. The molecule has 0 bridgehead atoms. The third-order valence-corrected chi connectivity index (χ3v) is 7.77. The zero-order chi connectivity index (χ0) is 23.5. The van der Waals surface area contributed by atoms with E-state index >= 15 is 0 Å². The Morgan fingerprint density at radius 3 is 2.76 bits per heavy atom. The first kappa shape index (κ1) is 22.8. The fourth-order valence-corrected chi connectivity index (χ4v) is 5.79. The van der Waals surface area contributed by atoms with Gasteiger partial charge in [-0.2, -0.15) is 0 Å². The Labute approximate surface area is 204 Å². The first-order valence-corrected chi connectivity index (χ1v) is 13.1. The van der Waals surface area contributed by atoms with Gasteiger partial charge in [0.05, 0.1) is 16.8 Å². The van der Waals surface area contributed by atoms with Gasteiger partial charge in [0.25, 0.3) is 5.91 Å². The number of esters is 1. The fraction of sp³-hybridized carbons (Fsp3) is 0.393. The van der Waals surface area contributed by atoms with Gasteiger partial charge in [-0.1, -0.05) is 43.5 Å². The number of para-hydroxylation sites is 1. The predicted octanol–water partition coefficient (Wildman–Crippen LogP) is 6.02. The topological polar surface area (TPSA) is 68.3 Å². The van der Waals surface area contributed by atoms with Crippen LogP contribution < -0.4 is 5.32 Å². The Balaban J connectivity index is 1.38. The molecule has 5 nitrogen and oxygen atoms in total. The summed E-state index contributed by atoms with van der Waals surface area (Å²) in [5, 5.41) is 5.83. The van der Waals surface area contributed by atoms with E-state index in [0.29, 0.717) is 18.0 Å². The largest absolute Gasteiger partial charge is 0.449 e. The number of nitrogens with zero attached hydrogens (tertiary/aromatic N) is 1. The number of thiophene rings is 1. The number of carbonyl (C=O) groups is 2. The van der Waals surface area contributed by atoms with Gasteiger partial charge in [0.15, 0.2) is 6.10 Å². The van der Waals surface area contributed by atoms with Gasteiger partial charge in [-0.25, -0.2) is 9.78 Å². The van der Waals surface area contributed by atoms with Crippen LogP contribution in [0.5, 0.6) is 0 Å². The number of allylic oxidation sites excluding steroid dienone is 1. The van der Waals surface area contributed by atoms with Crippen LogP contribution in [0.4, 0.5) is 0 Å². The molecule has 176 valence electrons. The van der Waals surface area contributed by atoms with Crippen LogP contribution in [0.25, 0.3) is 22.6 Å². The SMILES string of the molecule is C[C@H](OC(=O)c1c2c(nc3ccccc13)/C(=C\c1cccs1)CC2)C(=O)NCC1CCCCC1. The van der Waals surface area contributed by atoms with E-state index in [1.165, 1.54) is 24.1 Å². The molecule has 2 aromatic heterocycles. The van der Waals surface area contributed by atoms with Crippen LogP contribution in [0.2, 0.25) is 0 Å². The van der Waals surface area contributed by atoms with E-state index in [2.05, 4.69) is 22.8 Å². The number of pyridine rings is 1. The third-order valence-electron chi connectivity index (χ3n) is 6.95. The molecule has 0 unspecified atom stereocenters. The van der Waals surface area contributed by atoms with E-state index in [9.17, 15) is 9.59 Å². The van der Waals surface area contributed by atoms with Crippen LogP contribution in [-0.4, -0.2) is 29.5 Å². The number of rotatable bonds is 6. The summed E-state index contributed by atoms with van der Waals surface area (Å²) in [6, 6.07) is 11.8. The van der Waals surface area contributed by atoms with Gasteiger partial charge in [0.2, 0.25) is 0 Å². The second-order valence-corrected chi connectivity index (χ2v) is 10.3. The van der Waals surface area contributed by atoms with Crippen molar-refractivity contribution in [1.29, 1.82) is 0 Å². The highest BCUT2D eigenvalue weighted by Gasteiger charge is 2.29. The van der Waals surface area contributed by atoms with Crippen molar-refractivity contribution in [2.24, 2.45) is 5.92 Å². The second kappa shape index (κ2) is 10.1. The van der Waals surface area contributed by atoms with Crippen LogP contribution in [0.3, 0.4) is 0 Å². The minimum Gasteiger partial charge on any atom is -0.449 e. The van der Waals surface area contributed by atoms with Crippen molar-refractivity contribution in [2.45, 2.75) is 58.0 Å². The maximum absolute atomic E-state index is 13.4. The van der Waals surface area contributed by atoms with Gasteiger partial charge >= 0.3 is 5.97 Å². The number of nitrogens with one attached hydrogen (secondary N) is 1. The van der Waals surface area contributed by atoms with Gasteiger partial charge in [0.1, 0.15) is 0 Å². The van der Waals surface area contributed by atoms with Crippen LogP contribution in [0, 0.1) is 5.92 Å². The molecule has 5 rings (SSSR count). The summed E-state index contributed by atoms with van der Waals surface area (Å²) in [6.45, 7) is 2.31. The zero-order valence-electron chi connectivity index (χ0n) is 19.5. The molecule has 2 aliphatic rings. The van der Waals surface area contributed by atoms with Gasteiger partial charge < -0.3 is 10.1 Å². The lowest BCUT2D eigenvalue weighted by atomic mass is 9.89. The quantitative estimate of drug-likeness (QED) is 0.443. The molecule has 1 amide bonds. The van der Waals surface area contributed by atoms with Crippen molar-refractivity contribution in [2.75, 3.05) is 6.54 Å². The number of ether oxygens (including phenoxy) is 1. The van der Waals surface area contributed by atoms with Crippen molar-refractivity contribution < 1.29 is 14.3 Å². The third kappa shape index (κ3) is 4.78. The summed E-state index contributed by atoms with van der Waals surface area (Å²) < 4.78 is 5.72. The van der Waals surface area contributed by atoms with Gasteiger partial charge in [-0.3, -0.25) is 4.79 Å². The summed E-state index contributed by atoms with van der Waals surface area (Å²) in [7, 11) is 0. The number of carbonyl (C=O) groups excluding carboxylic acids is 2. The number of hydrogen-bond donors (Lipinski definition) is 1. The van der Waals surface area contributed by atoms with Crippen LogP contribution in [0.15, 0.2) is 41.8 Å². The highest BCUT2D eigenvalue weighted by Crippen LogP contribution is 2.38. The lowest BCUT2D eigenvalue weighted by Gasteiger charge is -2.23. The fourth-order valence-electron chi connectivity index (χ4n) is 5.11. The highest BCUT2D eigenvalue weighted by atomic mass is 32.1. The first-order valence-electron chi connectivity index (χ1n) is 12.2. The molecule has 2 aliphatic carbocycles. The number of hydrogen-bond acceptors (Lipinski definition) is 5. The minimum atomic E-state index is -0.846. The van der Waals surface area contributed by atoms with E-state index in [4.69, 9.17) is 9.72 Å². The van der Waals surface area contributed by atoms with Gasteiger partial charge in [0, 0.05) is 16.8 Å². The van der Waals surface area contributed by atoms with Crippen molar-refractivity contribution in [3.05, 3.63) is 63.5 Å². The molecule has 0 spiro atoms. The zero-order valence-corrected chi connectivity index (χ0v) is 20.3. The molecule has 1 saturated carbocycles. The molecule has 1 atom stereocenters. The Bertz CT molecular complexity index is 1230. The Hall–Kier alpha value is -2.99. The number of fused-ring (bicyclic) bond motifs is 2. The Morgan fingerprint density at radius 1 is 1.15 bits per heavy atom. The Kier molecular flexibility index (Phi) is 6.77. The molecule has 1 aromatic carbocycles. The van der Waals surface area contributed by atoms with Gasteiger partial charge in [-0.15, -0.1) is 11.3 Å². The molecule has 6 heteroatoms. The molecule has 2 heterocycles. The van der Waals surface area contributed by atoms with E-state index in [1.54, 1.807) is 18.3 Å². The Morgan fingerprint density at radius 2 is 1.97 bits per heavy atom. The number of amides is 1. The standard InChI is InChI=1S/C28H30N2O3S/c1-18(27(31)29-17-19-8-3-2-4-9-19)33-28(32)25-22-11-5-6-12-24(22)30-26-20(13-14-23(25)26)16-21-10-7-15-34-21/h5-7,10-12,15-16,18-19H,2-4,8-9,13-14,17H2,1H3,(H,29,31)/b20-16-/t18-/m0/s1.